The average Bonchev–Trinajstić information content (AvgIpc) is 2.42. The molecule has 2 aromatic rings. The van der Waals surface area contributed by atoms with Crippen LogP contribution in [0.4, 0.5) is 0 Å². The van der Waals surface area contributed by atoms with Gasteiger partial charge in [0, 0.05) is 11.6 Å². The van der Waals surface area contributed by atoms with E-state index in [1.54, 1.807) is 24.4 Å². The minimum Gasteiger partial charge on any atom is -0.484 e. The van der Waals surface area contributed by atoms with Gasteiger partial charge in [-0.05, 0) is 24.3 Å². The maximum absolute atomic E-state index is 11.3. The Labute approximate surface area is 109 Å². The number of aromatic nitrogens is 1. The zero-order valence-electron chi connectivity index (χ0n) is 10.00. The molecule has 0 unspecified atom stereocenters. The van der Waals surface area contributed by atoms with Gasteiger partial charge in [-0.3, -0.25) is 14.6 Å². The summed E-state index contributed by atoms with van der Waals surface area (Å²) < 4.78 is 5.28. The first-order chi connectivity index (χ1) is 9.15. The number of carbonyl (C=O) groups is 2. The van der Waals surface area contributed by atoms with Crippen molar-refractivity contribution in [2.75, 3.05) is 13.2 Å². The van der Waals surface area contributed by atoms with Gasteiger partial charge in [0.15, 0.2) is 6.61 Å². The number of nitrogens with one attached hydrogen (secondary N) is 1. The number of nitrogens with zero attached hydrogens (tertiary/aromatic N) is 1. The molecule has 0 aliphatic heterocycles. The molecule has 6 nitrogen and oxygen atoms in total. The summed E-state index contributed by atoms with van der Waals surface area (Å²) in [5, 5.41) is 11.5. The van der Waals surface area contributed by atoms with Gasteiger partial charge in [-0.2, -0.15) is 0 Å². The van der Waals surface area contributed by atoms with E-state index in [0.717, 1.165) is 10.9 Å². The largest absolute Gasteiger partial charge is 0.484 e. The number of carboxylic acid groups (broad SMARTS) is 1. The molecule has 0 fully saturated rings. The average molecular weight is 260 g/mol. The molecule has 19 heavy (non-hydrogen) atoms. The summed E-state index contributed by atoms with van der Waals surface area (Å²) >= 11 is 0. The van der Waals surface area contributed by atoms with E-state index < -0.39 is 18.4 Å². The van der Waals surface area contributed by atoms with Crippen LogP contribution in [0.3, 0.4) is 0 Å². The Bertz CT molecular complexity index is 612. The summed E-state index contributed by atoms with van der Waals surface area (Å²) in [6, 6.07) is 8.97. The van der Waals surface area contributed by atoms with Crippen LogP contribution in [0.25, 0.3) is 10.9 Å². The fourth-order valence-electron chi connectivity index (χ4n) is 1.52. The number of hydrogen-bond acceptors (Lipinski definition) is 4. The van der Waals surface area contributed by atoms with Crippen molar-refractivity contribution in [3.63, 3.8) is 0 Å². The molecule has 1 aromatic heterocycles. The van der Waals surface area contributed by atoms with Crippen molar-refractivity contribution in [3.05, 3.63) is 36.5 Å². The molecule has 1 heterocycles. The second kappa shape index (κ2) is 5.81. The highest BCUT2D eigenvalue weighted by Crippen LogP contribution is 2.18. The third kappa shape index (κ3) is 3.67. The van der Waals surface area contributed by atoms with Gasteiger partial charge in [0.25, 0.3) is 5.91 Å². The molecule has 6 heteroatoms. The molecule has 0 aliphatic rings. The van der Waals surface area contributed by atoms with Crippen molar-refractivity contribution in [1.29, 1.82) is 0 Å². The lowest BCUT2D eigenvalue weighted by atomic mass is 10.2. The van der Waals surface area contributed by atoms with Crippen molar-refractivity contribution in [3.8, 4) is 5.75 Å². The molecule has 1 amide bonds. The Morgan fingerprint density at radius 3 is 2.95 bits per heavy atom. The first-order valence-corrected chi connectivity index (χ1v) is 5.61. The fourth-order valence-corrected chi connectivity index (χ4v) is 1.52. The van der Waals surface area contributed by atoms with Crippen LogP contribution in [0.15, 0.2) is 36.5 Å². The molecule has 0 aliphatic carbocycles. The summed E-state index contributed by atoms with van der Waals surface area (Å²) in [5.74, 6) is -1.04. The number of fused-ring (bicyclic) bond motifs is 1. The third-order valence-corrected chi connectivity index (χ3v) is 2.38. The molecule has 2 rings (SSSR count). The Kier molecular flexibility index (Phi) is 3.92. The number of pyridine rings is 1. The predicted octanol–water partition coefficient (Wildman–Crippen LogP) is 0.814. The van der Waals surface area contributed by atoms with E-state index in [0.29, 0.717) is 5.75 Å². The number of carbonyl (C=O) groups excluding carboxylic acids is 1. The quantitative estimate of drug-likeness (QED) is 0.830. The standard InChI is InChI=1S/C13H12N2O4/c16-12(15-7-13(17)18)8-19-10-3-4-11-9(6-10)2-1-5-14-11/h1-6H,7-8H2,(H,15,16)(H,17,18). The zero-order valence-corrected chi connectivity index (χ0v) is 10.00. The first kappa shape index (κ1) is 12.8. The number of rotatable bonds is 5. The van der Waals surface area contributed by atoms with Crippen LogP contribution in [-0.2, 0) is 9.59 Å². The summed E-state index contributed by atoms with van der Waals surface area (Å²) in [5.41, 5.74) is 0.838. The Balaban J connectivity index is 1.94. The SMILES string of the molecule is O=C(O)CNC(=O)COc1ccc2ncccc2c1. The fraction of sp³-hybridized carbons (Fsp3) is 0.154. The highest BCUT2D eigenvalue weighted by atomic mass is 16.5. The van der Waals surface area contributed by atoms with Crippen LogP contribution in [0.2, 0.25) is 0 Å². The number of hydrogen-bond donors (Lipinski definition) is 2. The lowest BCUT2D eigenvalue weighted by Crippen LogP contribution is -2.33. The Hall–Kier alpha value is -2.63. The second-order valence-electron chi connectivity index (χ2n) is 3.82. The maximum atomic E-state index is 11.3. The van der Waals surface area contributed by atoms with Crippen LogP contribution in [0.5, 0.6) is 5.75 Å². The van der Waals surface area contributed by atoms with Crippen molar-refractivity contribution in [2.45, 2.75) is 0 Å². The van der Waals surface area contributed by atoms with E-state index in [1.807, 2.05) is 12.1 Å². The van der Waals surface area contributed by atoms with Gasteiger partial charge in [-0.1, -0.05) is 6.07 Å². The topological polar surface area (TPSA) is 88.5 Å². The van der Waals surface area contributed by atoms with Crippen LogP contribution in [-0.4, -0.2) is 35.1 Å². The highest BCUT2D eigenvalue weighted by molar-refractivity contribution is 5.82. The second-order valence-corrected chi connectivity index (χ2v) is 3.82. The van der Waals surface area contributed by atoms with Gasteiger partial charge in [0.05, 0.1) is 5.52 Å². The maximum Gasteiger partial charge on any atom is 0.322 e. The number of amides is 1. The highest BCUT2D eigenvalue weighted by Gasteiger charge is 2.05. The van der Waals surface area contributed by atoms with Crippen molar-refractivity contribution < 1.29 is 19.4 Å². The van der Waals surface area contributed by atoms with E-state index in [-0.39, 0.29) is 6.61 Å². The minimum atomic E-state index is -1.09. The normalized spacial score (nSPS) is 10.1. The summed E-state index contributed by atoms with van der Waals surface area (Å²) in [6.07, 6.45) is 1.70. The van der Waals surface area contributed by atoms with Crippen LogP contribution >= 0.6 is 0 Å². The summed E-state index contributed by atoms with van der Waals surface area (Å²) in [4.78, 5) is 25.7. The number of ether oxygens (including phenoxy) is 1. The molecule has 1 aromatic carbocycles. The monoisotopic (exact) mass is 260 g/mol. The predicted molar refractivity (Wildman–Crippen MR) is 67.9 cm³/mol. The lowest BCUT2D eigenvalue weighted by Gasteiger charge is -2.06. The van der Waals surface area contributed by atoms with E-state index in [9.17, 15) is 9.59 Å². The summed E-state index contributed by atoms with van der Waals surface area (Å²) in [6.45, 7) is -0.636. The van der Waals surface area contributed by atoms with Gasteiger partial charge >= 0.3 is 5.97 Å². The van der Waals surface area contributed by atoms with Crippen molar-refractivity contribution >= 4 is 22.8 Å². The molecule has 98 valence electrons. The van der Waals surface area contributed by atoms with Crippen molar-refractivity contribution in [1.82, 2.24) is 10.3 Å². The Morgan fingerprint density at radius 2 is 2.16 bits per heavy atom. The molecule has 0 saturated carbocycles. The van der Waals surface area contributed by atoms with Gasteiger partial charge in [-0.25, -0.2) is 0 Å². The van der Waals surface area contributed by atoms with Crippen LogP contribution in [0, 0.1) is 0 Å². The minimum absolute atomic E-state index is 0.223. The molecule has 2 N–H and O–H groups in total. The lowest BCUT2D eigenvalue weighted by molar-refractivity contribution is -0.138. The molecule has 0 spiro atoms. The number of benzene rings is 1. The van der Waals surface area contributed by atoms with E-state index >= 15 is 0 Å². The first-order valence-electron chi connectivity index (χ1n) is 5.61. The van der Waals surface area contributed by atoms with Gasteiger partial charge in [0.2, 0.25) is 0 Å². The van der Waals surface area contributed by atoms with Crippen LogP contribution in [0.1, 0.15) is 0 Å². The molecular weight excluding hydrogens is 248 g/mol. The molecule has 0 saturated heterocycles. The molecular formula is C13H12N2O4. The van der Waals surface area contributed by atoms with Crippen molar-refractivity contribution in [2.24, 2.45) is 0 Å². The summed E-state index contributed by atoms with van der Waals surface area (Å²) in [7, 11) is 0. The van der Waals surface area contributed by atoms with Crippen LogP contribution < -0.4 is 10.1 Å². The van der Waals surface area contributed by atoms with E-state index in [4.69, 9.17) is 9.84 Å². The zero-order chi connectivity index (χ0) is 13.7. The number of aliphatic carboxylic acids is 1. The smallest absolute Gasteiger partial charge is 0.322 e. The van der Waals surface area contributed by atoms with Gasteiger partial charge in [0.1, 0.15) is 12.3 Å². The molecule has 0 atom stereocenters. The number of carboxylic acids is 1. The van der Waals surface area contributed by atoms with E-state index in [1.165, 1.54) is 0 Å². The van der Waals surface area contributed by atoms with Gasteiger partial charge in [-0.15, -0.1) is 0 Å². The Morgan fingerprint density at radius 1 is 1.32 bits per heavy atom. The third-order valence-electron chi connectivity index (χ3n) is 2.38. The molecule has 0 bridgehead atoms. The van der Waals surface area contributed by atoms with E-state index in [2.05, 4.69) is 10.3 Å². The van der Waals surface area contributed by atoms with Gasteiger partial charge < -0.3 is 15.2 Å². The molecule has 0 radical (unpaired) electrons.